The van der Waals surface area contributed by atoms with Crippen molar-refractivity contribution in [2.75, 3.05) is 0 Å². The first-order valence-electron chi connectivity index (χ1n) is 4.46. The van der Waals surface area contributed by atoms with Crippen molar-refractivity contribution in [2.24, 2.45) is 17.8 Å². The van der Waals surface area contributed by atoms with Crippen molar-refractivity contribution in [3.63, 3.8) is 0 Å². The number of ketones is 1. The van der Waals surface area contributed by atoms with Crippen LogP contribution in [0.25, 0.3) is 0 Å². The van der Waals surface area contributed by atoms with Crippen LogP contribution in [0.2, 0.25) is 0 Å². The minimum absolute atomic E-state index is 0.360. The summed E-state index contributed by atoms with van der Waals surface area (Å²) in [4.78, 5) is 11.2. The Morgan fingerprint density at radius 3 is 2.45 bits per heavy atom. The third kappa shape index (κ3) is 1.13. The highest BCUT2D eigenvalue weighted by atomic mass is 16.1. The number of hydrogen-bond acceptors (Lipinski definition) is 1. The molecule has 0 spiro atoms. The Hall–Kier alpha value is -0.590. The van der Waals surface area contributed by atoms with Gasteiger partial charge in [0.2, 0.25) is 0 Å². The lowest BCUT2D eigenvalue weighted by molar-refractivity contribution is -0.123. The molecule has 2 bridgehead atoms. The van der Waals surface area contributed by atoms with Gasteiger partial charge in [-0.15, -0.1) is 0 Å². The summed E-state index contributed by atoms with van der Waals surface area (Å²) in [6, 6.07) is 0. The SMILES string of the molecule is CC(=O)[C@@H]1C[C@H]2C=C[C@@H]1CC2. The van der Waals surface area contributed by atoms with E-state index < -0.39 is 0 Å². The number of rotatable bonds is 1. The molecular weight excluding hydrogens is 136 g/mol. The maximum absolute atomic E-state index is 11.2. The van der Waals surface area contributed by atoms with Crippen LogP contribution in [0.5, 0.6) is 0 Å². The lowest BCUT2D eigenvalue weighted by atomic mass is 9.68. The number of hydrogen-bond donors (Lipinski definition) is 0. The fourth-order valence-corrected chi connectivity index (χ4v) is 2.40. The lowest BCUT2D eigenvalue weighted by Crippen LogP contribution is -2.31. The molecule has 1 saturated carbocycles. The fraction of sp³-hybridized carbons (Fsp3) is 0.700. The standard InChI is InChI=1S/C10H14O/c1-7(11)10-6-8-2-4-9(10)5-3-8/h2,4,8-10H,3,5-6H2,1H3/t8-,9+,10-/m0/s1. The fourth-order valence-electron chi connectivity index (χ4n) is 2.40. The van der Waals surface area contributed by atoms with Crippen LogP contribution in [0.4, 0.5) is 0 Å². The molecule has 11 heavy (non-hydrogen) atoms. The number of carbonyl (C=O) groups excluding carboxylic acids is 1. The van der Waals surface area contributed by atoms with E-state index in [1.165, 1.54) is 12.8 Å². The summed E-state index contributed by atoms with van der Waals surface area (Å²) >= 11 is 0. The van der Waals surface area contributed by atoms with Gasteiger partial charge in [-0.1, -0.05) is 12.2 Å². The van der Waals surface area contributed by atoms with Crippen molar-refractivity contribution in [1.29, 1.82) is 0 Å². The zero-order valence-corrected chi connectivity index (χ0v) is 6.92. The summed E-state index contributed by atoms with van der Waals surface area (Å²) in [5.74, 6) is 2.05. The van der Waals surface area contributed by atoms with E-state index >= 15 is 0 Å². The molecule has 0 aromatic carbocycles. The molecule has 0 heterocycles. The van der Waals surface area contributed by atoms with Crippen LogP contribution < -0.4 is 0 Å². The topological polar surface area (TPSA) is 17.1 Å². The van der Waals surface area contributed by atoms with Crippen molar-refractivity contribution >= 4 is 5.78 Å². The van der Waals surface area contributed by atoms with Gasteiger partial charge in [0, 0.05) is 5.92 Å². The van der Waals surface area contributed by atoms with Gasteiger partial charge >= 0.3 is 0 Å². The minimum atomic E-state index is 0.360. The molecule has 0 amide bonds. The van der Waals surface area contributed by atoms with Gasteiger partial charge in [-0.25, -0.2) is 0 Å². The van der Waals surface area contributed by atoms with E-state index in [-0.39, 0.29) is 0 Å². The third-order valence-electron chi connectivity index (χ3n) is 3.10. The molecule has 1 fully saturated rings. The van der Waals surface area contributed by atoms with E-state index in [1.807, 2.05) is 0 Å². The largest absolute Gasteiger partial charge is 0.300 e. The summed E-state index contributed by atoms with van der Waals surface area (Å²) in [6.45, 7) is 1.74. The van der Waals surface area contributed by atoms with E-state index in [0.717, 1.165) is 6.42 Å². The summed E-state index contributed by atoms with van der Waals surface area (Å²) < 4.78 is 0. The number of fused-ring (bicyclic) bond motifs is 2. The Bertz CT molecular complexity index is 205. The molecule has 60 valence electrons. The van der Waals surface area contributed by atoms with Crippen LogP contribution >= 0.6 is 0 Å². The monoisotopic (exact) mass is 150 g/mol. The van der Waals surface area contributed by atoms with Gasteiger partial charge < -0.3 is 0 Å². The van der Waals surface area contributed by atoms with Crippen molar-refractivity contribution in [3.8, 4) is 0 Å². The summed E-state index contributed by atoms with van der Waals surface area (Å²) in [5, 5.41) is 0. The molecule has 0 aliphatic heterocycles. The molecule has 3 rings (SSSR count). The van der Waals surface area contributed by atoms with Crippen molar-refractivity contribution in [1.82, 2.24) is 0 Å². The lowest BCUT2D eigenvalue weighted by Gasteiger charge is -2.36. The molecular formula is C10H14O. The number of allylic oxidation sites excluding steroid dienone is 2. The van der Waals surface area contributed by atoms with Gasteiger partial charge in [0.1, 0.15) is 5.78 Å². The minimum Gasteiger partial charge on any atom is -0.300 e. The zero-order valence-electron chi connectivity index (χ0n) is 6.92. The van der Waals surface area contributed by atoms with Crippen molar-refractivity contribution in [2.45, 2.75) is 26.2 Å². The van der Waals surface area contributed by atoms with E-state index in [1.54, 1.807) is 6.92 Å². The van der Waals surface area contributed by atoms with Gasteiger partial charge in [0.05, 0.1) is 0 Å². The van der Waals surface area contributed by atoms with Crippen LogP contribution in [-0.4, -0.2) is 5.78 Å². The summed E-state index contributed by atoms with van der Waals surface area (Å²) in [5.41, 5.74) is 0. The molecule has 0 aromatic rings. The van der Waals surface area contributed by atoms with Crippen molar-refractivity contribution < 1.29 is 4.79 Å². The van der Waals surface area contributed by atoms with Gasteiger partial charge in [-0.05, 0) is 38.0 Å². The van der Waals surface area contributed by atoms with Crippen LogP contribution in [-0.2, 0) is 4.79 Å². The predicted octanol–water partition coefficient (Wildman–Crippen LogP) is 2.18. The molecule has 3 atom stereocenters. The Balaban J connectivity index is 2.17. The van der Waals surface area contributed by atoms with Crippen LogP contribution in [0.1, 0.15) is 26.2 Å². The summed E-state index contributed by atoms with van der Waals surface area (Å²) in [6.07, 6.45) is 8.23. The smallest absolute Gasteiger partial charge is 0.133 e. The van der Waals surface area contributed by atoms with E-state index in [9.17, 15) is 4.79 Å². The van der Waals surface area contributed by atoms with E-state index in [2.05, 4.69) is 12.2 Å². The second-order valence-electron chi connectivity index (χ2n) is 3.84. The van der Waals surface area contributed by atoms with Gasteiger partial charge in [-0.2, -0.15) is 0 Å². The average molecular weight is 150 g/mol. The molecule has 0 N–H and O–H groups in total. The van der Waals surface area contributed by atoms with Crippen LogP contribution in [0.3, 0.4) is 0 Å². The molecule has 0 unspecified atom stereocenters. The Morgan fingerprint density at radius 2 is 2.18 bits per heavy atom. The Kier molecular flexibility index (Phi) is 1.59. The quantitative estimate of drug-likeness (QED) is 0.523. The first-order chi connectivity index (χ1) is 5.27. The molecule has 0 saturated heterocycles. The zero-order chi connectivity index (χ0) is 7.84. The number of Topliss-reactive ketones (excluding diaryl/α,β-unsaturated/α-hetero) is 1. The normalized spacial score (nSPS) is 41.0. The van der Waals surface area contributed by atoms with Gasteiger partial charge in [0.25, 0.3) is 0 Å². The highest BCUT2D eigenvalue weighted by Crippen LogP contribution is 2.40. The molecule has 0 aromatic heterocycles. The third-order valence-corrected chi connectivity index (χ3v) is 3.10. The second-order valence-corrected chi connectivity index (χ2v) is 3.84. The first-order valence-corrected chi connectivity index (χ1v) is 4.46. The second kappa shape index (κ2) is 2.47. The first kappa shape index (κ1) is 7.08. The maximum Gasteiger partial charge on any atom is 0.133 e. The van der Waals surface area contributed by atoms with Gasteiger partial charge in [0.15, 0.2) is 0 Å². The predicted molar refractivity (Wildman–Crippen MR) is 44.1 cm³/mol. The maximum atomic E-state index is 11.2. The molecule has 0 radical (unpaired) electrons. The van der Waals surface area contributed by atoms with E-state index in [0.29, 0.717) is 23.5 Å². The highest BCUT2D eigenvalue weighted by molar-refractivity contribution is 5.79. The Labute approximate surface area is 67.5 Å². The van der Waals surface area contributed by atoms with Crippen LogP contribution in [0, 0.1) is 17.8 Å². The van der Waals surface area contributed by atoms with E-state index in [4.69, 9.17) is 0 Å². The molecule has 3 aliphatic carbocycles. The summed E-state index contributed by atoms with van der Waals surface area (Å²) in [7, 11) is 0. The molecule has 1 heteroatoms. The van der Waals surface area contributed by atoms with Crippen molar-refractivity contribution in [3.05, 3.63) is 12.2 Å². The molecule has 1 nitrogen and oxygen atoms in total. The molecule has 3 aliphatic rings. The van der Waals surface area contributed by atoms with Crippen LogP contribution in [0.15, 0.2) is 12.2 Å². The highest BCUT2D eigenvalue weighted by Gasteiger charge is 2.33. The number of carbonyl (C=O) groups is 1. The Morgan fingerprint density at radius 1 is 1.36 bits per heavy atom. The average Bonchev–Trinajstić information content (AvgIpc) is 2.06. The van der Waals surface area contributed by atoms with Gasteiger partial charge in [-0.3, -0.25) is 4.79 Å².